The molecule has 0 N–H and O–H groups in total. The first-order valence-electron chi connectivity index (χ1n) is 16.4. The fourth-order valence-corrected chi connectivity index (χ4v) is 7.69. The molecule has 0 saturated heterocycles. The normalized spacial score (nSPS) is 11.8. The molecule has 9 aromatic carbocycles. The van der Waals surface area contributed by atoms with Crippen molar-refractivity contribution >= 4 is 82.1 Å². The van der Waals surface area contributed by atoms with Crippen molar-refractivity contribution in [2.75, 3.05) is 4.90 Å². The highest BCUT2D eigenvalue weighted by atomic mass is 16.3. The Morgan fingerprint density at radius 1 is 0.333 bits per heavy atom. The Bertz CT molecular complexity index is 2760. The van der Waals surface area contributed by atoms with E-state index in [0.717, 1.165) is 50.1 Å². The molecule has 1 aromatic heterocycles. The molecule has 0 atom stereocenters. The van der Waals surface area contributed by atoms with Crippen LogP contribution in [-0.2, 0) is 0 Å². The number of fused-ring (bicyclic) bond motifs is 10. The number of rotatable bonds is 4. The van der Waals surface area contributed by atoms with E-state index in [-0.39, 0.29) is 0 Å². The predicted octanol–water partition coefficient (Wildman–Crippen LogP) is 13.3. The van der Waals surface area contributed by atoms with E-state index in [4.69, 9.17) is 4.42 Å². The lowest BCUT2D eigenvalue weighted by molar-refractivity contribution is 0.670. The zero-order chi connectivity index (χ0) is 31.6. The van der Waals surface area contributed by atoms with E-state index in [2.05, 4.69) is 181 Å². The maximum Gasteiger partial charge on any atom is 0.159 e. The maximum atomic E-state index is 7.13. The van der Waals surface area contributed by atoms with E-state index in [9.17, 15) is 0 Å². The summed E-state index contributed by atoms with van der Waals surface area (Å²) in [5.74, 6) is 0. The fourth-order valence-electron chi connectivity index (χ4n) is 7.69. The van der Waals surface area contributed by atoms with Crippen LogP contribution in [-0.4, -0.2) is 0 Å². The van der Waals surface area contributed by atoms with Gasteiger partial charge >= 0.3 is 0 Å². The number of anilines is 3. The zero-order valence-corrected chi connectivity index (χ0v) is 26.1. The molecule has 0 unspecified atom stereocenters. The monoisotopic (exact) mass is 611 g/mol. The van der Waals surface area contributed by atoms with Crippen LogP contribution >= 0.6 is 0 Å². The molecule has 224 valence electrons. The first kappa shape index (κ1) is 26.8. The molecule has 0 amide bonds. The van der Waals surface area contributed by atoms with Crippen LogP contribution in [0.2, 0.25) is 0 Å². The smallest absolute Gasteiger partial charge is 0.159 e. The van der Waals surface area contributed by atoms with Crippen LogP contribution in [0.1, 0.15) is 0 Å². The van der Waals surface area contributed by atoms with E-state index < -0.39 is 0 Å². The summed E-state index contributed by atoms with van der Waals surface area (Å²) in [5, 5.41) is 12.2. The minimum Gasteiger partial charge on any atom is -0.453 e. The highest BCUT2D eigenvalue weighted by molar-refractivity contribution is 6.27. The number of hydrogen-bond acceptors (Lipinski definition) is 2. The van der Waals surface area contributed by atoms with Crippen molar-refractivity contribution in [3.63, 3.8) is 0 Å². The van der Waals surface area contributed by atoms with Crippen LogP contribution in [0.15, 0.2) is 180 Å². The predicted molar refractivity (Wildman–Crippen MR) is 204 cm³/mol. The van der Waals surface area contributed by atoms with Gasteiger partial charge in [0.2, 0.25) is 0 Å². The van der Waals surface area contributed by atoms with Gasteiger partial charge in [-0.05, 0) is 91.1 Å². The van der Waals surface area contributed by atoms with Crippen molar-refractivity contribution in [1.82, 2.24) is 0 Å². The molecule has 0 radical (unpaired) electrons. The molecule has 0 spiro atoms. The van der Waals surface area contributed by atoms with Crippen LogP contribution in [0.4, 0.5) is 17.1 Å². The summed E-state index contributed by atoms with van der Waals surface area (Å²) in [4.78, 5) is 2.29. The van der Waals surface area contributed by atoms with Crippen LogP contribution in [0.3, 0.4) is 0 Å². The average Bonchev–Trinajstić information content (AvgIpc) is 3.53. The summed E-state index contributed by atoms with van der Waals surface area (Å²) in [6.45, 7) is 0. The lowest BCUT2D eigenvalue weighted by atomic mass is 9.90. The largest absolute Gasteiger partial charge is 0.453 e. The topological polar surface area (TPSA) is 16.4 Å². The van der Waals surface area contributed by atoms with Gasteiger partial charge in [0.1, 0.15) is 5.58 Å². The Morgan fingerprint density at radius 3 is 1.50 bits per heavy atom. The van der Waals surface area contributed by atoms with E-state index in [0.29, 0.717) is 0 Å². The van der Waals surface area contributed by atoms with Gasteiger partial charge < -0.3 is 9.32 Å². The Morgan fingerprint density at radius 2 is 0.854 bits per heavy atom. The number of hydrogen-bond donors (Lipinski definition) is 0. The van der Waals surface area contributed by atoms with Crippen LogP contribution in [0.25, 0.3) is 76.2 Å². The zero-order valence-electron chi connectivity index (χ0n) is 26.1. The lowest BCUT2D eigenvalue weighted by Gasteiger charge is -2.25. The van der Waals surface area contributed by atoms with Crippen molar-refractivity contribution in [2.24, 2.45) is 0 Å². The second-order valence-corrected chi connectivity index (χ2v) is 12.5. The average molecular weight is 612 g/mol. The lowest BCUT2D eigenvalue weighted by Crippen LogP contribution is -2.09. The van der Waals surface area contributed by atoms with Gasteiger partial charge in [0.25, 0.3) is 0 Å². The molecular weight excluding hydrogens is 583 g/mol. The van der Waals surface area contributed by atoms with E-state index in [1.165, 1.54) is 43.1 Å². The van der Waals surface area contributed by atoms with Crippen molar-refractivity contribution in [3.05, 3.63) is 176 Å². The van der Waals surface area contributed by atoms with Crippen molar-refractivity contribution < 1.29 is 4.42 Å². The number of furan rings is 1. The van der Waals surface area contributed by atoms with Gasteiger partial charge in [-0.2, -0.15) is 0 Å². The van der Waals surface area contributed by atoms with Gasteiger partial charge in [-0.25, -0.2) is 0 Å². The second kappa shape index (κ2) is 10.6. The van der Waals surface area contributed by atoms with Crippen LogP contribution in [0.5, 0.6) is 0 Å². The molecule has 0 fully saturated rings. The van der Waals surface area contributed by atoms with Gasteiger partial charge in [-0.3, -0.25) is 0 Å². The van der Waals surface area contributed by atoms with Gasteiger partial charge in [0.05, 0.1) is 5.69 Å². The summed E-state index contributed by atoms with van der Waals surface area (Å²) in [5.41, 5.74) is 7.21. The standard InChI is InChI=1S/C46H29NO/c1-3-15-32(16-4-1)47(33-17-5-2-6-18-33)43-25-13-24-40-42-28-30-14-7-8-19-34(30)44(46(42)48-45(40)43)31-26-27-39-37-22-10-9-20-35(37)36-21-11-12-23-38(36)41(39)29-31/h1-29H. The molecule has 2 nitrogen and oxygen atoms in total. The minimum atomic E-state index is 0.869. The van der Waals surface area contributed by atoms with E-state index in [1.807, 2.05) is 0 Å². The first-order valence-corrected chi connectivity index (χ1v) is 16.4. The van der Waals surface area contributed by atoms with Gasteiger partial charge in [-0.15, -0.1) is 0 Å². The molecular formula is C46H29NO. The van der Waals surface area contributed by atoms with Crippen LogP contribution < -0.4 is 4.90 Å². The minimum absolute atomic E-state index is 0.869. The van der Waals surface area contributed by atoms with Crippen molar-refractivity contribution in [1.29, 1.82) is 0 Å². The molecule has 0 aliphatic heterocycles. The quantitative estimate of drug-likeness (QED) is 0.184. The molecule has 1 heterocycles. The number of benzene rings is 9. The van der Waals surface area contributed by atoms with E-state index >= 15 is 0 Å². The maximum absolute atomic E-state index is 7.13. The molecule has 0 bridgehead atoms. The highest BCUT2D eigenvalue weighted by Gasteiger charge is 2.22. The third kappa shape index (κ3) is 4.00. The highest BCUT2D eigenvalue weighted by Crippen LogP contribution is 2.47. The summed E-state index contributed by atoms with van der Waals surface area (Å²) in [6, 6.07) is 63.0. The van der Waals surface area contributed by atoms with Gasteiger partial charge in [0, 0.05) is 27.7 Å². The van der Waals surface area contributed by atoms with E-state index in [1.54, 1.807) is 0 Å². The van der Waals surface area contributed by atoms with Crippen LogP contribution in [0, 0.1) is 0 Å². The Labute approximate surface area is 277 Å². The third-order valence-electron chi connectivity index (χ3n) is 9.79. The molecule has 10 aromatic rings. The molecule has 0 aliphatic rings. The Hall–Kier alpha value is -6.38. The Kier molecular flexibility index (Phi) is 5.91. The first-order chi connectivity index (χ1) is 23.8. The molecule has 48 heavy (non-hydrogen) atoms. The number of nitrogens with zero attached hydrogens (tertiary/aromatic N) is 1. The summed E-state index contributed by atoms with van der Waals surface area (Å²) >= 11 is 0. The SMILES string of the molecule is c1ccc(N(c2ccccc2)c2cccc3c2oc2c(-c4ccc5c6ccccc6c6ccccc6c5c4)c4ccccc4cc23)cc1. The van der Waals surface area contributed by atoms with Crippen molar-refractivity contribution in [3.8, 4) is 11.1 Å². The number of para-hydroxylation sites is 3. The molecule has 0 saturated carbocycles. The third-order valence-corrected chi connectivity index (χ3v) is 9.79. The summed E-state index contributed by atoms with van der Waals surface area (Å²) < 4.78 is 7.13. The van der Waals surface area contributed by atoms with Crippen molar-refractivity contribution in [2.45, 2.75) is 0 Å². The Balaban J connectivity index is 1.30. The summed E-state index contributed by atoms with van der Waals surface area (Å²) in [6.07, 6.45) is 0. The summed E-state index contributed by atoms with van der Waals surface area (Å²) in [7, 11) is 0. The molecule has 2 heteroatoms. The fraction of sp³-hybridized carbons (Fsp3) is 0. The van der Waals surface area contributed by atoms with Gasteiger partial charge in [0.15, 0.2) is 5.58 Å². The molecule has 0 aliphatic carbocycles. The van der Waals surface area contributed by atoms with Gasteiger partial charge in [-0.1, -0.05) is 133 Å². The molecule has 10 rings (SSSR count). The second-order valence-electron chi connectivity index (χ2n) is 12.5.